The number of rotatable bonds is 5. The van der Waals surface area contributed by atoms with Gasteiger partial charge in [-0.2, -0.15) is 0 Å². The highest BCUT2D eigenvalue weighted by Crippen LogP contribution is 2.20. The van der Waals surface area contributed by atoms with Crippen molar-refractivity contribution in [1.82, 2.24) is 0 Å². The van der Waals surface area contributed by atoms with Gasteiger partial charge in [0.1, 0.15) is 5.75 Å². The van der Waals surface area contributed by atoms with Crippen LogP contribution in [0.5, 0.6) is 5.75 Å². The standard InChI is InChI=1S/C12H17NO3/c1-3-11(14)9-4-6-10(7-5-9)16-8(2)12(13)15/h4-8,11,14H,3H2,1-2H3,(H2,13,15)/t8?,11-/m0/s1. The Hall–Kier alpha value is -1.55. The van der Waals surface area contributed by atoms with Crippen molar-refractivity contribution >= 4 is 5.91 Å². The third-order valence-corrected chi connectivity index (χ3v) is 2.37. The molecular weight excluding hydrogens is 206 g/mol. The zero-order valence-corrected chi connectivity index (χ0v) is 9.51. The van der Waals surface area contributed by atoms with Crippen LogP contribution in [0.1, 0.15) is 31.9 Å². The van der Waals surface area contributed by atoms with E-state index in [-0.39, 0.29) is 0 Å². The quantitative estimate of drug-likeness (QED) is 0.792. The lowest BCUT2D eigenvalue weighted by molar-refractivity contribution is -0.123. The van der Waals surface area contributed by atoms with Crippen LogP contribution in [-0.4, -0.2) is 17.1 Å². The van der Waals surface area contributed by atoms with E-state index >= 15 is 0 Å². The second-order valence-corrected chi connectivity index (χ2v) is 3.66. The van der Waals surface area contributed by atoms with E-state index in [1.54, 1.807) is 31.2 Å². The number of nitrogens with two attached hydrogens (primary N) is 1. The number of aliphatic hydroxyl groups excluding tert-OH is 1. The van der Waals surface area contributed by atoms with Crippen LogP contribution in [0.25, 0.3) is 0 Å². The molecule has 1 amide bonds. The molecule has 4 nitrogen and oxygen atoms in total. The highest BCUT2D eigenvalue weighted by Gasteiger charge is 2.10. The third kappa shape index (κ3) is 3.24. The highest BCUT2D eigenvalue weighted by atomic mass is 16.5. The van der Waals surface area contributed by atoms with Gasteiger partial charge in [0.05, 0.1) is 6.10 Å². The molecule has 3 N–H and O–H groups in total. The lowest BCUT2D eigenvalue weighted by Crippen LogP contribution is -2.30. The number of carbonyl (C=O) groups excluding carboxylic acids is 1. The molecule has 0 aromatic heterocycles. The van der Waals surface area contributed by atoms with Crippen LogP contribution in [0.15, 0.2) is 24.3 Å². The van der Waals surface area contributed by atoms with E-state index in [0.717, 1.165) is 5.56 Å². The molecule has 4 heteroatoms. The Labute approximate surface area is 95.0 Å². The second kappa shape index (κ2) is 5.51. The van der Waals surface area contributed by atoms with Gasteiger partial charge in [-0.25, -0.2) is 0 Å². The van der Waals surface area contributed by atoms with E-state index in [0.29, 0.717) is 12.2 Å². The van der Waals surface area contributed by atoms with Crippen molar-refractivity contribution in [2.45, 2.75) is 32.5 Å². The van der Waals surface area contributed by atoms with Gasteiger partial charge in [-0.1, -0.05) is 19.1 Å². The molecule has 0 bridgehead atoms. The highest BCUT2D eigenvalue weighted by molar-refractivity contribution is 5.78. The monoisotopic (exact) mass is 223 g/mol. The van der Waals surface area contributed by atoms with Gasteiger partial charge in [0.2, 0.25) is 0 Å². The molecule has 0 aliphatic rings. The number of ether oxygens (including phenoxy) is 1. The fourth-order valence-electron chi connectivity index (χ4n) is 1.27. The molecule has 16 heavy (non-hydrogen) atoms. The fourth-order valence-corrected chi connectivity index (χ4v) is 1.27. The summed E-state index contributed by atoms with van der Waals surface area (Å²) in [6.07, 6.45) is -0.442. The Morgan fingerprint density at radius 2 is 2.00 bits per heavy atom. The summed E-state index contributed by atoms with van der Waals surface area (Å²) in [5, 5.41) is 9.58. The van der Waals surface area contributed by atoms with Gasteiger partial charge < -0.3 is 15.6 Å². The maximum absolute atomic E-state index is 10.8. The van der Waals surface area contributed by atoms with E-state index < -0.39 is 18.1 Å². The molecule has 0 aliphatic heterocycles. The largest absolute Gasteiger partial charge is 0.481 e. The Morgan fingerprint density at radius 1 is 1.44 bits per heavy atom. The average molecular weight is 223 g/mol. The molecule has 2 atom stereocenters. The molecule has 0 aliphatic carbocycles. The molecule has 0 fully saturated rings. The van der Waals surface area contributed by atoms with Crippen molar-refractivity contribution in [3.63, 3.8) is 0 Å². The van der Waals surface area contributed by atoms with Crippen molar-refractivity contribution in [2.24, 2.45) is 5.73 Å². The first-order valence-electron chi connectivity index (χ1n) is 5.28. The van der Waals surface area contributed by atoms with Crippen molar-refractivity contribution in [1.29, 1.82) is 0 Å². The first kappa shape index (κ1) is 12.5. The van der Waals surface area contributed by atoms with Gasteiger partial charge in [-0.3, -0.25) is 4.79 Å². The molecule has 1 aromatic carbocycles. The van der Waals surface area contributed by atoms with Crippen LogP contribution >= 0.6 is 0 Å². The molecule has 1 rings (SSSR count). The number of aliphatic hydroxyl groups is 1. The predicted molar refractivity (Wildman–Crippen MR) is 61.0 cm³/mol. The fraction of sp³-hybridized carbons (Fsp3) is 0.417. The van der Waals surface area contributed by atoms with Crippen molar-refractivity contribution in [3.05, 3.63) is 29.8 Å². The number of primary amides is 1. The lowest BCUT2D eigenvalue weighted by Gasteiger charge is -2.12. The Balaban J connectivity index is 2.68. The molecule has 1 unspecified atom stereocenters. The van der Waals surface area contributed by atoms with Gasteiger partial charge in [-0.15, -0.1) is 0 Å². The van der Waals surface area contributed by atoms with Gasteiger partial charge in [0, 0.05) is 0 Å². The van der Waals surface area contributed by atoms with Gasteiger partial charge in [-0.05, 0) is 31.0 Å². The first-order valence-corrected chi connectivity index (χ1v) is 5.28. The molecule has 0 saturated carbocycles. The SMILES string of the molecule is CC[C@H](O)c1ccc(OC(C)C(N)=O)cc1. The van der Waals surface area contributed by atoms with E-state index in [9.17, 15) is 9.90 Å². The summed E-state index contributed by atoms with van der Waals surface area (Å²) < 4.78 is 5.29. The van der Waals surface area contributed by atoms with Crippen LogP contribution in [0.2, 0.25) is 0 Å². The van der Waals surface area contributed by atoms with Crippen LogP contribution in [0, 0.1) is 0 Å². The summed E-state index contributed by atoms with van der Waals surface area (Å²) >= 11 is 0. The van der Waals surface area contributed by atoms with Crippen LogP contribution in [0.4, 0.5) is 0 Å². The minimum Gasteiger partial charge on any atom is -0.481 e. The Morgan fingerprint density at radius 3 is 2.44 bits per heavy atom. The number of carbonyl (C=O) groups is 1. The Kier molecular flexibility index (Phi) is 4.31. The minimum absolute atomic E-state index is 0.456. The average Bonchev–Trinajstić information content (AvgIpc) is 2.28. The topological polar surface area (TPSA) is 72.6 Å². The smallest absolute Gasteiger partial charge is 0.258 e. The predicted octanol–water partition coefficient (Wildman–Crippen LogP) is 1.38. The molecule has 0 saturated heterocycles. The van der Waals surface area contributed by atoms with E-state index in [4.69, 9.17) is 10.5 Å². The molecular formula is C12H17NO3. The van der Waals surface area contributed by atoms with Gasteiger partial charge >= 0.3 is 0 Å². The summed E-state index contributed by atoms with van der Waals surface area (Å²) in [7, 11) is 0. The van der Waals surface area contributed by atoms with Crippen molar-refractivity contribution < 1.29 is 14.6 Å². The van der Waals surface area contributed by atoms with E-state index in [1.807, 2.05) is 6.92 Å². The maximum atomic E-state index is 10.8. The van der Waals surface area contributed by atoms with Gasteiger partial charge in [0.15, 0.2) is 6.10 Å². The van der Waals surface area contributed by atoms with E-state index in [2.05, 4.69) is 0 Å². The van der Waals surface area contributed by atoms with Gasteiger partial charge in [0.25, 0.3) is 5.91 Å². The summed E-state index contributed by atoms with van der Waals surface area (Å²) in [5.41, 5.74) is 5.91. The normalized spacial score (nSPS) is 14.2. The summed E-state index contributed by atoms with van der Waals surface area (Å²) in [6.45, 7) is 3.50. The molecule has 88 valence electrons. The van der Waals surface area contributed by atoms with Crippen LogP contribution in [0.3, 0.4) is 0 Å². The van der Waals surface area contributed by atoms with Crippen molar-refractivity contribution in [3.8, 4) is 5.75 Å². The first-order chi connectivity index (χ1) is 7.54. The van der Waals surface area contributed by atoms with Crippen LogP contribution < -0.4 is 10.5 Å². The minimum atomic E-state index is -0.651. The summed E-state index contributed by atoms with van der Waals surface area (Å²) in [5.74, 6) is 0.0658. The van der Waals surface area contributed by atoms with Crippen molar-refractivity contribution in [2.75, 3.05) is 0 Å². The molecule has 0 heterocycles. The summed E-state index contributed by atoms with van der Waals surface area (Å²) in [6, 6.07) is 6.98. The Bertz CT molecular complexity index is 348. The lowest BCUT2D eigenvalue weighted by atomic mass is 10.1. The van der Waals surface area contributed by atoms with Crippen LogP contribution in [-0.2, 0) is 4.79 Å². The molecule has 0 radical (unpaired) electrons. The second-order valence-electron chi connectivity index (χ2n) is 3.66. The number of amides is 1. The zero-order valence-electron chi connectivity index (χ0n) is 9.51. The number of benzene rings is 1. The maximum Gasteiger partial charge on any atom is 0.258 e. The number of hydrogen-bond donors (Lipinski definition) is 2. The molecule has 0 spiro atoms. The number of hydrogen-bond acceptors (Lipinski definition) is 3. The third-order valence-electron chi connectivity index (χ3n) is 2.37. The zero-order chi connectivity index (χ0) is 12.1. The summed E-state index contributed by atoms with van der Waals surface area (Å²) in [4.78, 5) is 10.8. The molecule has 1 aromatic rings. The van der Waals surface area contributed by atoms with E-state index in [1.165, 1.54) is 0 Å².